The van der Waals surface area contributed by atoms with Crippen molar-refractivity contribution in [2.75, 3.05) is 11.6 Å². The Labute approximate surface area is 53.6 Å². The van der Waals surface area contributed by atoms with E-state index in [4.69, 9.17) is 4.28 Å². The van der Waals surface area contributed by atoms with Crippen molar-refractivity contribution in [1.82, 2.24) is 5.48 Å². The van der Waals surface area contributed by atoms with Crippen LogP contribution >= 0.6 is 24.7 Å². The van der Waals surface area contributed by atoms with E-state index in [0.717, 1.165) is 6.54 Å². The van der Waals surface area contributed by atoms with Crippen molar-refractivity contribution in [1.29, 1.82) is 0 Å². The van der Waals surface area contributed by atoms with Crippen molar-refractivity contribution in [3.63, 3.8) is 0 Å². The number of hydrogen-bond donors (Lipinski definition) is 2. The number of thiol groups is 1. The standard InChI is InChI=1S/C3H9NOS2/c1-2-4-5-7-3-6/h4,6H,2-3H2,1H3. The Morgan fingerprint density at radius 3 is 3.00 bits per heavy atom. The molecule has 0 spiro atoms. The number of rotatable bonds is 4. The summed E-state index contributed by atoms with van der Waals surface area (Å²) in [6.07, 6.45) is 0. The maximum absolute atomic E-state index is 4.72. The lowest BCUT2D eigenvalue weighted by Gasteiger charge is -1.95. The van der Waals surface area contributed by atoms with Crippen molar-refractivity contribution in [2.45, 2.75) is 6.92 Å². The predicted molar refractivity (Wildman–Crippen MR) is 36.2 cm³/mol. The third kappa shape index (κ3) is 6.62. The van der Waals surface area contributed by atoms with E-state index >= 15 is 0 Å². The lowest BCUT2D eigenvalue weighted by molar-refractivity contribution is 0.247. The van der Waals surface area contributed by atoms with E-state index in [0.29, 0.717) is 5.08 Å². The summed E-state index contributed by atoms with van der Waals surface area (Å²) in [5.41, 5.74) is 2.66. The molecule has 0 heterocycles. The van der Waals surface area contributed by atoms with Crippen LogP contribution in [0.2, 0.25) is 0 Å². The molecule has 0 aliphatic carbocycles. The summed E-state index contributed by atoms with van der Waals surface area (Å²) in [6.45, 7) is 2.81. The van der Waals surface area contributed by atoms with Gasteiger partial charge in [0.1, 0.15) is 0 Å². The van der Waals surface area contributed by atoms with Crippen LogP contribution in [-0.4, -0.2) is 11.6 Å². The van der Waals surface area contributed by atoms with E-state index in [1.807, 2.05) is 6.92 Å². The Bertz CT molecular complexity index is 32.1. The average Bonchev–Trinajstić information content (AvgIpc) is 1.69. The first-order valence-electron chi connectivity index (χ1n) is 2.04. The van der Waals surface area contributed by atoms with Gasteiger partial charge < -0.3 is 0 Å². The van der Waals surface area contributed by atoms with Gasteiger partial charge in [0.15, 0.2) is 0 Å². The maximum atomic E-state index is 4.72. The van der Waals surface area contributed by atoms with Crippen LogP contribution in [0.5, 0.6) is 0 Å². The van der Waals surface area contributed by atoms with Gasteiger partial charge in [-0.15, -0.1) is 0 Å². The molecule has 4 heteroatoms. The fourth-order valence-electron chi connectivity index (χ4n) is 0.127. The van der Waals surface area contributed by atoms with E-state index < -0.39 is 0 Å². The Kier molecular flexibility index (Phi) is 7.21. The zero-order valence-electron chi connectivity index (χ0n) is 4.18. The normalized spacial score (nSPS) is 9.43. The van der Waals surface area contributed by atoms with Gasteiger partial charge in [-0.3, -0.25) is 0 Å². The molecule has 0 aromatic heterocycles. The molecule has 0 amide bonds. The van der Waals surface area contributed by atoms with Crippen molar-refractivity contribution >= 4 is 24.7 Å². The largest absolute Gasteiger partial charge is 0.231 e. The van der Waals surface area contributed by atoms with Crippen LogP contribution in [0.25, 0.3) is 0 Å². The molecule has 0 saturated heterocycles. The lowest BCUT2D eigenvalue weighted by Crippen LogP contribution is -2.07. The molecule has 0 atom stereocenters. The fourth-order valence-corrected chi connectivity index (χ4v) is 0.539. The van der Waals surface area contributed by atoms with Gasteiger partial charge in [-0.05, 0) is 0 Å². The molecule has 44 valence electrons. The number of hydrogen-bond acceptors (Lipinski definition) is 4. The molecule has 0 unspecified atom stereocenters. The van der Waals surface area contributed by atoms with Crippen LogP contribution in [0.3, 0.4) is 0 Å². The minimum atomic E-state index is 0.688. The molecule has 0 radical (unpaired) electrons. The highest BCUT2D eigenvalue weighted by Crippen LogP contribution is 1.98. The first-order valence-corrected chi connectivity index (χ1v) is 3.58. The van der Waals surface area contributed by atoms with Crippen molar-refractivity contribution in [2.24, 2.45) is 0 Å². The molecule has 0 aromatic rings. The Morgan fingerprint density at radius 1 is 1.86 bits per heavy atom. The molecule has 0 bridgehead atoms. The lowest BCUT2D eigenvalue weighted by atomic mass is 10.8. The smallest absolute Gasteiger partial charge is 0.0645 e. The van der Waals surface area contributed by atoms with E-state index in [1.54, 1.807) is 0 Å². The molecule has 2 nitrogen and oxygen atoms in total. The van der Waals surface area contributed by atoms with Gasteiger partial charge in [-0.25, -0.2) is 4.28 Å². The molecular weight excluding hydrogens is 130 g/mol. The van der Waals surface area contributed by atoms with Gasteiger partial charge in [0, 0.05) is 18.6 Å². The third-order valence-corrected chi connectivity index (χ3v) is 0.972. The Balaban J connectivity index is 2.45. The van der Waals surface area contributed by atoms with Gasteiger partial charge in [0.2, 0.25) is 0 Å². The second kappa shape index (κ2) is 6.62. The highest BCUT2D eigenvalue weighted by Gasteiger charge is 1.77. The Hall–Kier alpha value is 0.620. The van der Waals surface area contributed by atoms with E-state index in [9.17, 15) is 0 Å². The van der Waals surface area contributed by atoms with E-state index in [1.165, 1.54) is 12.0 Å². The Morgan fingerprint density at radius 2 is 2.57 bits per heavy atom. The van der Waals surface area contributed by atoms with Crippen LogP contribution in [0, 0.1) is 0 Å². The molecule has 0 fully saturated rings. The zero-order chi connectivity index (χ0) is 5.54. The zero-order valence-corrected chi connectivity index (χ0v) is 5.89. The summed E-state index contributed by atoms with van der Waals surface area (Å²) >= 11 is 5.18. The molecule has 0 aromatic carbocycles. The summed E-state index contributed by atoms with van der Waals surface area (Å²) in [4.78, 5) is 0. The summed E-state index contributed by atoms with van der Waals surface area (Å²) in [5.74, 6) is 0. The SMILES string of the molecule is CCNOSCS. The first kappa shape index (κ1) is 7.62. The summed E-state index contributed by atoms with van der Waals surface area (Å²) < 4.78 is 4.72. The van der Waals surface area contributed by atoms with Crippen molar-refractivity contribution < 1.29 is 4.28 Å². The summed E-state index contributed by atoms with van der Waals surface area (Å²) in [7, 11) is 0. The number of nitrogens with one attached hydrogen (secondary N) is 1. The van der Waals surface area contributed by atoms with Gasteiger partial charge in [-0.2, -0.15) is 18.1 Å². The molecular formula is C3H9NOS2. The molecule has 0 aliphatic heterocycles. The molecule has 1 N–H and O–H groups in total. The highest BCUT2D eigenvalue weighted by molar-refractivity contribution is 8.06. The van der Waals surface area contributed by atoms with Crippen LogP contribution in [0.1, 0.15) is 6.92 Å². The molecule has 0 saturated carbocycles. The van der Waals surface area contributed by atoms with Gasteiger partial charge in [0.25, 0.3) is 0 Å². The van der Waals surface area contributed by atoms with E-state index in [2.05, 4.69) is 18.1 Å². The molecule has 7 heavy (non-hydrogen) atoms. The average molecular weight is 139 g/mol. The minimum Gasteiger partial charge on any atom is -0.231 e. The van der Waals surface area contributed by atoms with Crippen LogP contribution in [0.15, 0.2) is 0 Å². The summed E-state index contributed by atoms with van der Waals surface area (Å²) in [5, 5.41) is 0.688. The molecule has 0 rings (SSSR count). The highest BCUT2D eigenvalue weighted by atomic mass is 32.2. The quantitative estimate of drug-likeness (QED) is 0.200. The third-order valence-electron chi connectivity index (χ3n) is 0.315. The van der Waals surface area contributed by atoms with Crippen molar-refractivity contribution in [3.8, 4) is 0 Å². The van der Waals surface area contributed by atoms with Gasteiger partial charge >= 0.3 is 0 Å². The van der Waals surface area contributed by atoms with Gasteiger partial charge in [0.05, 0.1) is 5.08 Å². The number of hydroxylamine groups is 1. The topological polar surface area (TPSA) is 21.3 Å². The second-order valence-electron chi connectivity index (χ2n) is 0.828. The van der Waals surface area contributed by atoms with Crippen LogP contribution in [-0.2, 0) is 4.28 Å². The first-order chi connectivity index (χ1) is 3.41. The van der Waals surface area contributed by atoms with Crippen LogP contribution < -0.4 is 5.48 Å². The second-order valence-corrected chi connectivity index (χ2v) is 2.26. The summed E-state index contributed by atoms with van der Waals surface area (Å²) in [6, 6.07) is 0. The van der Waals surface area contributed by atoms with E-state index in [-0.39, 0.29) is 0 Å². The predicted octanol–water partition coefficient (Wildman–Crippen LogP) is 1.06. The molecule has 0 aliphatic rings. The fraction of sp³-hybridized carbons (Fsp3) is 1.00. The minimum absolute atomic E-state index is 0.688. The maximum Gasteiger partial charge on any atom is 0.0645 e. The van der Waals surface area contributed by atoms with Crippen LogP contribution in [0.4, 0.5) is 0 Å². The van der Waals surface area contributed by atoms with Gasteiger partial charge in [-0.1, -0.05) is 6.92 Å². The van der Waals surface area contributed by atoms with Crippen molar-refractivity contribution in [3.05, 3.63) is 0 Å². The monoisotopic (exact) mass is 139 g/mol.